The number of aryl methyl sites for hydroxylation is 2. The summed E-state index contributed by atoms with van der Waals surface area (Å²) in [6.07, 6.45) is 7.16. The van der Waals surface area contributed by atoms with Crippen LogP contribution < -0.4 is 0 Å². The summed E-state index contributed by atoms with van der Waals surface area (Å²) >= 11 is 0. The normalized spacial score (nSPS) is 10.9. The van der Waals surface area contributed by atoms with Gasteiger partial charge in [0, 0.05) is 0 Å². The molecule has 0 saturated heterocycles. The van der Waals surface area contributed by atoms with E-state index >= 15 is 0 Å². The molecule has 0 spiro atoms. The van der Waals surface area contributed by atoms with Crippen LogP contribution in [0.5, 0.6) is 0 Å². The highest BCUT2D eigenvalue weighted by atomic mass is 14.1. The van der Waals surface area contributed by atoms with Crippen molar-refractivity contribution in [1.82, 2.24) is 0 Å². The molecule has 20 heavy (non-hydrogen) atoms. The van der Waals surface area contributed by atoms with Gasteiger partial charge in [0.05, 0.1) is 0 Å². The maximum Gasteiger partial charge on any atom is -0.00194 e. The second-order valence-corrected chi connectivity index (χ2v) is 5.30. The molecule has 0 aliphatic heterocycles. The molecule has 0 nitrogen and oxygen atoms in total. The summed E-state index contributed by atoms with van der Waals surface area (Å²) < 4.78 is 0. The van der Waals surface area contributed by atoms with E-state index in [4.69, 9.17) is 0 Å². The highest BCUT2D eigenvalue weighted by Gasteiger charge is 2.05. The third-order valence-electron chi connectivity index (χ3n) is 3.46. The van der Waals surface area contributed by atoms with Crippen LogP contribution >= 0.6 is 0 Å². The minimum absolute atomic E-state index is 0.962. The third-order valence-corrected chi connectivity index (χ3v) is 3.46. The molecule has 0 aliphatic carbocycles. The summed E-state index contributed by atoms with van der Waals surface area (Å²) in [5, 5.41) is 0. The van der Waals surface area contributed by atoms with Crippen LogP contribution in [0.3, 0.4) is 0 Å². The Balaban J connectivity index is 2.45. The van der Waals surface area contributed by atoms with Gasteiger partial charge in [-0.2, -0.15) is 0 Å². The number of hydrogen-bond acceptors (Lipinski definition) is 0. The molecule has 2 aromatic rings. The molecule has 2 aromatic carbocycles. The van der Waals surface area contributed by atoms with Crippen LogP contribution in [0.2, 0.25) is 0 Å². The predicted octanol–water partition coefficient (Wildman–Crippen LogP) is 5.57. The smallest absolute Gasteiger partial charge is 0.00194 e. The number of hydrogen-bond donors (Lipinski definition) is 0. The monoisotopic (exact) mass is 262 g/mol. The van der Waals surface area contributed by atoms with E-state index in [0.29, 0.717) is 0 Å². The zero-order valence-electron chi connectivity index (χ0n) is 12.6. The van der Waals surface area contributed by atoms with Crippen LogP contribution in [0.1, 0.15) is 40.3 Å². The fourth-order valence-corrected chi connectivity index (χ4v) is 2.73. The van der Waals surface area contributed by atoms with Crippen molar-refractivity contribution in [3.63, 3.8) is 0 Å². The summed E-state index contributed by atoms with van der Waals surface area (Å²) in [6, 6.07) is 13.2. The largest absolute Gasteiger partial charge is 0.0984 e. The molecule has 102 valence electrons. The molecule has 0 aromatic heterocycles. The Morgan fingerprint density at radius 3 is 2.35 bits per heavy atom. The van der Waals surface area contributed by atoms with E-state index in [2.05, 4.69) is 75.9 Å². The Hall–Kier alpha value is -2.08. The van der Waals surface area contributed by atoms with Crippen molar-refractivity contribution in [2.24, 2.45) is 0 Å². The van der Waals surface area contributed by atoms with Gasteiger partial charge in [0.2, 0.25) is 0 Å². The van der Waals surface area contributed by atoms with Crippen molar-refractivity contribution >= 4 is 12.2 Å². The van der Waals surface area contributed by atoms with Gasteiger partial charge in [-0.25, -0.2) is 0 Å². The fourth-order valence-electron chi connectivity index (χ4n) is 2.73. The van der Waals surface area contributed by atoms with E-state index in [1.165, 1.54) is 33.4 Å². The van der Waals surface area contributed by atoms with Gasteiger partial charge >= 0.3 is 0 Å². The first-order valence-electron chi connectivity index (χ1n) is 7.08. The van der Waals surface area contributed by atoms with Crippen molar-refractivity contribution in [3.8, 4) is 0 Å². The summed E-state index contributed by atoms with van der Waals surface area (Å²) in [6.45, 7) is 10.3. The van der Waals surface area contributed by atoms with Gasteiger partial charge in [-0.1, -0.05) is 72.3 Å². The highest BCUT2D eigenvalue weighted by molar-refractivity contribution is 5.67. The number of benzene rings is 2. The average molecular weight is 262 g/mol. The van der Waals surface area contributed by atoms with E-state index in [1.807, 2.05) is 6.08 Å². The molecule has 0 aliphatic rings. The minimum atomic E-state index is 0.962. The molecular formula is C20H22. The number of allylic oxidation sites excluding steroid dienone is 1. The lowest BCUT2D eigenvalue weighted by Gasteiger charge is -2.11. The van der Waals surface area contributed by atoms with Gasteiger partial charge in [-0.15, -0.1) is 0 Å². The first-order valence-corrected chi connectivity index (χ1v) is 7.08. The van der Waals surface area contributed by atoms with E-state index in [0.717, 1.165) is 6.42 Å². The molecular weight excluding hydrogens is 240 g/mol. The lowest BCUT2D eigenvalue weighted by atomic mass is 9.94. The maximum absolute atomic E-state index is 3.92. The fraction of sp³-hybridized carbons (Fsp3) is 0.200. The van der Waals surface area contributed by atoms with Gasteiger partial charge in [0.25, 0.3) is 0 Å². The van der Waals surface area contributed by atoms with E-state index in [1.54, 1.807) is 0 Å². The van der Waals surface area contributed by atoms with Crippen molar-refractivity contribution in [2.45, 2.75) is 27.2 Å². The third kappa shape index (κ3) is 3.27. The molecule has 0 atom stereocenters. The van der Waals surface area contributed by atoms with Crippen molar-refractivity contribution < 1.29 is 0 Å². The van der Waals surface area contributed by atoms with Crippen LogP contribution in [0.4, 0.5) is 0 Å². The summed E-state index contributed by atoms with van der Waals surface area (Å²) in [5.41, 5.74) is 7.86. The molecule has 0 heterocycles. The lowest BCUT2D eigenvalue weighted by Crippen LogP contribution is -1.95. The molecule has 0 heteroatoms. The van der Waals surface area contributed by atoms with Crippen molar-refractivity contribution in [1.29, 1.82) is 0 Å². The molecule has 0 unspecified atom stereocenters. The van der Waals surface area contributed by atoms with E-state index < -0.39 is 0 Å². The topological polar surface area (TPSA) is 0 Å². The summed E-state index contributed by atoms with van der Waals surface area (Å²) in [4.78, 5) is 0. The molecule has 0 fully saturated rings. The Morgan fingerprint density at radius 2 is 1.75 bits per heavy atom. The van der Waals surface area contributed by atoms with E-state index in [9.17, 15) is 0 Å². The van der Waals surface area contributed by atoms with Crippen LogP contribution in [0.15, 0.2) is 49.1 Å². The second-order valence-electron chi connectivity index (χ2n) is 5.30. The lowest BCUT2D eigenvalue weighted by molar-refractivity contribution is 1.16. The van der Waals surface area contributed by atoms with Crippen LogP contribution in [0, 0.1) is 13.8 Å². The van der Waals surface area contributed by atoms with Gasteiger partial charge < -0.3 is 0 Å². The van der Waals surface area contributed by atoms with Crippen LogP contribution in [0.25, 0.3) is 12.2 Å². The summed E-state index contributed by atoms with van der Waals surface area (Å²) in [5.74, 6) is 0. The molecule has 0 saturated carbocycles. The Kier molecular flexibility index (Phi) is 4.57. The Labute approximate surface area is 122 Å². The standard InChI is InChI=1S/C20H22/c1-5-8-20-18(6-2)9-7-10-19(20)14-17-12-15(3)11-16(4)13-17/h5-13H,2,14H2,1,3-4H3/b8-5-. The zero-order valence-corrected chi connectivity index (χ0v) is 12.6. The molecule has 0 radical (unpaired) electrons. The first-order chi connectivity index (χ1) is 9.63. The zero-order chi connectivity index (χ0) is 14.5. The Bertz CT molecular complexity index is 625. The molecule has 0 bridgehead atoms. The van der Waals surface area contributed by atoms with Crippen molar-refractivity contribution in [3.05, 3.63) is 82.4 Å². The average Bonchev–Trinajstić information content (AvgIpc) is 2.39. The number of rotatable bonds is 4. The second kappa shape index (κ2) is 6.38. The van der Waals surface area contributed by atoms with Crippen LogP contribution in [-0.2, 0) is 6.42 Å². The summed E-state index contributed by atoms with van der Waals surface area (Å²) in [7, 11) is 0. The van der Waals surface area contributed by atoms with E-state index in [-0.39, 0.29) is 0 Å². The maximum atomic E-state index is 3.92. The SMILES string of the molecule is C=Cc1cccc(Cc2cc(C)cc(C)c2)c1/C=C\C. The van der Waals surface area contributed by atoms with Gasteiger partial charge in [0.15, 0.2) is 0 Å². The minimum Gasteiger partial charge on any atom is -0.0984 e. The Morgan fingerprint density at radius 1 is 1.05 bits per heavy atom. The quantitative estimate of drug-likeness (QED) is 0.675. The highest BCUT2D eigenvalue weighted by Crippen LogP contribution is 2.22. The molecule has 2 rings (SSSR count). The van der Waals surface area contributed by atoms with Gasteiger partial charge in [-0.3, -0.25) is 0 Å². The van der Waals surface area contributed by atoms with Gasteiger partial charge in [-0.05, 0) is 49.4 Å². The van der Waals surface area contributed by atoms with Crippen molar-refractivity contribution in [2.75, 3.05) is 0 Å². The van der Waals surface area contributed by atoms with Gasteiger partial charge in [0.1, 0.15) is 0 Å². The predicted molar refractivity (Wildman–Crippen MR) is 90.0 cm³/mol. The molecule has 0 amide bonds. The first kappa shape index (κ1) is 14.3. The van der Waals surface area contributed by atoms with Crippen LogP contribution in [-0.4, -0.2) is 0 Å². The molecule has 0 N–H and O–H groups in total.